The molecule has 5 nitrogen and oxygen atoms in total. The van der Waals surface area contributed by atoms with Gasteiger partial charge in [0, 0.05) is 18.6 Å². The third kappa shape index (κ3) is 11.9. The Morgan fingerprint density at radius 1 is 0.900 bits per heavy atom. The maximum Gasteiger partial charge on any atom is 0.262 e. The number of aryl methyl sites for hydroxylation is 1. The van der Waals surface area contributed by atoms with Crippen LogP contribution >= 0.6 is 22.9 Å². The van der Waals surface area contributed by atoms with Gasteiger partial charge in [0.15, 0.2) is 18.8 Å². The number of hydrogen-bond acceptors (Lipinski definition) is 4. The van der Waals surface area contributed by atoms with Crippen LogP contribution in [-0.4, -0.2) is 19.1 Å². The molecule has 0 fully saturated rings. The van der Waals surface area contributed by atoms with E-state index in [1.54, 1.807) is 23.5 Å². The second-order valence-corrected chi connectivity index (χ2v) is 11.6. The van der Waals surface area contributed by atoms with Crippen molar-refractivity contribution in [1.82, 2.24) is 0 Å². The van der Waals surface area contributed by atoms with Gasteiger partial charge in [0.1, 0.15) is 11.5 Å². The first-order chi connectivity index (χ1) is 19.6. The molecule has 0 atom stereocenters. The zero-order valence-electron chi connectivity index (χ0n) is 24.3. The largest absolute Gasteiger partial charge is 0.492 e. The lowest BCUT2D eigenvalue weighted by Crippen LogP contribution is -2.35. The van der Waals surface area contributed by atoms with Crippen molar-refractivity contribution in [3.05, 3.63) is 69.6 Å². The van der Waals surface area contributed by atoms with Gasteiger partial charge < -0.3 is 14.8 Å². The van der Waals surface area contributed by atoms with Crippen molar-refractivity contribution in [2.24, 2.45) is 0 Å². The quantitative estimate of drug-likeness (QED) is 0.106. The molecule has 0 bridgehead atoms. The highest BCUT2D eigenvalue weighted by atomic mass is 35.5. The van der Waals surface area contributed by atoms with Crippen molar-refractivity contribution in [2.75, 3.05) is 18.5 Å². The highest BCUT2D eigenvalue weighted by Gasteiger charge is 2.14. The lowest BCUT2D eigenvalue weighted by Gasteiger charge is -2.12. The van der Waals surface area contributed by atoms with Gasteiger partial charge in [-0.3, -0.25) is 4.79 Å². The zero-order valence-corrected chi connectivity index (χ0v) is 25.8. The van der Waals surface area contributed by atoms with Crippen LogP contribution in [0.1, 0.15) is 95.2 Å². The average Bonchev–Trinajstić information content (AvgIpc) is 3.36. The number of halogens is 1. The molecule has 0 aliphatic heterocycles. The predicted octanol–water partition coefficient (Wildman–Crippen LogP) is 9.14. The second-order valence-electron chi connectivity index (χ2n) is 10.5. The molecule has 0 unspecified atom stereocenters. The summed E-state index contributed by atoms with van der Waals surface area (Å²) in [6, 6.07) is 13.1. The number of carbonyl (C=O) groups is 1. The molecule has 1 aromatic heterocycles. The summed E-state index contributed by atoms with van der Waals surface area (Å²) in [5.41, 5.74) is 5.09. The number of unbranched alkanes of at least 4 members (excludes halogenated alkanes) is 11. The van der Waals surface area contributed by atoms with E-state index < -0.39 is 0 Å². The van der Waals surface area contributed by atoms with Gasteiger partial charge in [0.25, 0.3) is 5.91 Å². The van der Waals surface area contributed by atoms with Crippen LogP contribution in [0.15, 0.2) is 53.4 Å². The summed E-state index contributed by atoms with van der Waals surface area (Å²) in [6.45, 7) is 5.59. The van der Waals surface area contributed by atoms with E-state index in [0.717, 1.165) is 17.7 Å². The van der Waals surface area contributed by atoms with Gasteiger partial charge in [-0.1, -0.05) is 119 Å². The number of ether oxygens (including phenoxy) is 2. The molecule has 3 rings (SSSR count). The number of benzene rings is 2. The number of hydrogen-bond donors (Lipinski definition) is 1. The molecule has 1 N–H and O–H groups in total. The molecule has 0 saturated carbocycles. The minimum atomic E-state index is -0.220. The first-order valence-electron chi connectivity index (χ1n) is 14.9. The second kappa shape index (κ2) is 18.7. The number of thiazole rings is 1. The highest BCUT2D eigenvalue weighted by Crippen LogP contribution is 2.29. The number of anilines is 1. The lowest BCUT2D eigenvalue weighted by molar-refractivity contribution is -0.689. The standard InChI is InChI=1S/C33H45ClN2O3S/c1-3-4-5-6-7-8-9-10-11-12-13-16-21-38-32-20-19-29(22-30(32)34)39-24-33(37)35-31-18-15-14-17-28(31)23-36-26-40-25-27(36)2/h14-15,17-20,22,25-26H,3-13,16,21,23-24H2,1-2H3/p+1. The molecule has 40 heavy (non-hydrogen) atoms. The van der Waals surface area contributed by atoms with E-state index in [2.05, 4.69) is 34.6 Å². The number of amides is 1. The molecule has 2 aromatic carbocycles. The van der Waals surface area contributed by atoms with E-state index in [9.17, 15) is 4.79 Å². The van der Waals surface area contributed by atoms with Gasteiger partial charge in [0.2, 0.25) is 5.51 Å². The molecule has 0 saturated heterocycles. The number of aromatic nitrogens is 1. The van der Waals surface area contributed by atoms with Crippen molar-refractivity contribution < 1.29 is 18.8 Å². The Bertz CT molecular complexity index is 1150. The molecule has 0 radical (unpaired) electrons. The SMILES string of the molecule is CCCCCCCCCCCCCCOc1ccc(OCC(=O)Nc2ccccc2C[n+]2cscc2C)cc1Cl. The van der Waals surface area contributed by atoms with Gasteiger partial charge >= 0.3 is 0 Å². The minimum Gasteiger partial charge on any atom is -0.492 e. The monoisotopic (exact) mass is 585 g/mol. The molecule has 1 amide bonds. The number of para-hydroxylation sites is 1. The minimum absolute atomic E-state index is 0.103. The van der Waals surface area contributed by atoms with E-state index in [0.29, 0.717) is 29.7 Å². The first kappa shape index (κ1) is 32.0. The molecule has 7 heteroatoms. The van der Waals surface area contributed by atoms with Crippen molar-refractivity contribution >= 4 is 34.5 Å². The summed E-state index contributed by atoms with van der Waals surface area (Å²) >= 11 is 8.08. The molecule has 0 aliphatic carbocycles. The van der Waals surface area contributed by atoms with E-state index in [-0.39, 0.29) is 12.5 Å². The first-order valence-corrected chi connectivity index (χ1v) is 16.2. The summed E-state index contributed by atoms with van der Waals surface area (Å²) in [5.74, 6) is 0.968. The third-order valence-corrected chi connectivity index (χ3v) is 8.19. The molecule has 1 heterocycles. The van der Waals surface area contributed by atoms with Crippen molar-refractivity contribution in [3.63, 3.8) is 0 Å². The highest BCUT2D eigenvalue weighted by molar-refractivity contribution is 7.07. The van der Waals surface area contributed by atoms with Crippen LogP contribution in [0.2, 0.25) is 5.02 Å². The molecular formula is C33H46ClN2O3S+. The summed E-state index contributed by atoms with van der Waals surface area (Å²) < 4.78 is 13.8. The summed E-state index contributed by atoms with van der Waals surface area (Å²) in [7, 11) is 0. The molecular weight excluding hydrogens is 540 g/mol. The molecule has 0 spiro atoms. The maximum atomic E-state index is 12.6. The summed E-state index contributed by atoms with van der Waals surface area (Å²) in [6.07, 6.45) is 15.8. The Hall–Kier alpha value is -2.57. The van der Waals surface area contributed by atoms with Crippen LogP contribution in [0.3, 0.4) is 0 Å². The van der Waals surface area contributed by atoms with E-state index in [1.165, 1.54) is 76.3 Å². The summed E-state index contributed by atoms with van der Waals surface area (Å²) in [4.78, 5) is 12.6. The fourth-order valence-electron chi connectivity index (χ4n) is 4.63. The fourth-order valence-corrected chi connectivity index (χ4v) is 5.63. The van der Waals surface area contributed by atoms with E-state index >= 15 is 0 Å². The number of rotatable bonds is 20. The van der Waals surface area contributed by atoms with Crippen LogP contribution in [-0.2, 0) is 11.3 Å². The van der Waals surface area contributed by atoms with E-state index in [4.69, 9.17) is 21.1 Å². The van der Waals surface area contributed by atoms with Crippen molar-refractivity contribution in [2.45, 2.75) is 97.4 Å². The Balaban J connectivity index is 1.30. The normalized spacial score (nSPS) is 11.0. The van der Waals surface area contributed by atoms with Crippen molar-refractivity contribution in [3.8, 4) is 11.5 Å². The van der Waals surface area contributed by atoms with Gasteiger partial charge in [-0.25, -0.2) is 0 Å². The Labute approximate surface area is 249 Å². The average molecular weight is 586 g/mol. The Kier molecular flexibility index (Phi) is 15.0. The van der Waals surface area contributed by atoms with Gasteiger partial charge in [0.05, 0.1) is 22.7 Å². The van der Waals surface area contributed by atoms with Crippen LogP contribution < -0.4 is 19.4 Å². The topological polar surface area (TPSA) is 51.4 Å². The maximum absolute atomic E-state index is 12.6. The molecule has 0 aliphatic rings. The number of nitrogens with one attached hydrogen (secondary N) is 1. The Morgan fingerprint density at radius 3 is 2.23 bits per heavy atom. The van der Waals surface area contributed by atoms with E-state index in [1.807, 2.05) is 30.3 Å². The molecule has 3 aromatic rings. The lowest BCUT2D eigenvalue weighted by atomic mass is 10.1. The zero-order chi connectivity index (χ0) is 28.4. The molecule has 218 valence electrons. The van der Waals surface area contributed by atoms with Gasteiger partial charge in [-0.2, -0.15) is 4.57 Å². The van der Waals surface area contributed by atoms with Gasteiger partial charge in [-0.05, 0) is 24.6 Å². The number of nitrogens with zero attached hydrogens (tertiary/aromatic N) is 1. The summed E-state index contributed by atoms with van der Waals surface area (Å²) in [5, 5.41) is 5.57. The Morgan fingerprint density at radius 2 is 1.57 bits per heavy atom. The fraction of sp³-hybridized carbons (Fsp3) is 0.515. The van der Waals surface area contributed by atoms with Crippen LogP contribution in [0.4, 0.5) is 5.69 Å². The van der Waals surface area contributed by atoms with Crippen LogP contribution in [0.25, 0.3) is 0 Å². The van der Waals surface area contributed by atoms with Gasteiger partial charge in [-0.15, -0.1) is 0 Å². The predicted molar refractivity (Wildman–Crippen MR) is 167 cm³/mol. The number of carbonyl (C=O) groups excluding carboxylic acids is 1. The van der Waals surface area contributed by atoms with Crippen LogP contribution in [0, 0.1) is 6.92 Å². The smallest absolute Gasteiger partial charge is 0.262 e. The van der Waals surface area contributed by atoms with Crippen LogP contribution in [0.5, 0.6) is 11.5 Å². The third-order valence-electron chi connectivity index (χ3n) is 7.04. The van der Waals surface area contributed by atoms with Crippen molar-refractivity contribution in [1.29, 1.82) is 0 Å².